The number of pyridine rings is 1. The molecule has 1 atom stereocenters. The molecule has 2 heterocycles. The van der Waals surface area contributed by atoms with Crippen LogP contribution < -0.4 is 14.8 Å². The van der Waals surface area contributed by atoms with Gasteiger partial charge in [-0.05, 0) is 44.9 Å². The number of nitro groups is 1. The Bertz CT molecular complexity index is 1360. The molecule has 1 amide bonds. The number of rotatable bonds is 11. The number of non-ortho nitro benzene ring substituents is 1. The van der Waals surface area contributed by atoms with E-state index in [2.05, 4.69) is 20.1 Å². The highest BCUT2D eigenvalue weighted by Gasteiger charge is 2.28. The van der Waals surface area contributed by atoms with Crippen LogP contribution in [0.15, 0.2) is 47.6 Å². The van der Waals surface area contributed by atoms with Crippen LogP contribution in [-0.2, 0) is 23.1 Å². The van der Waals surface area contributed by atoms with Crippen LogP contribution in [0.5, 0.6) is 11.6 Å². The van der Waals surface area contributed by atoms with Gasteiger partial charge in [0.05, 0.1) is 4.92 Å². The fourth-order valence-electron chi connectivity index (χ4n) is 3.28. The third-order valence-corrected chi connectivity index (χ3v) is 7.04. The Morgan fingerprint density at radius 3 is 2.64 bits per heavy atom. The van der Waals surface area contributed by atoms with Crippen LogP contribution in [0.3, 0.4) is 0 Å². The molecular weight excluding hydrogens is 488 g/mol. The molecule has 0 saturated carbocycles. The zero-order chi connectivity index (χ0) is 26.5. The number of hydrogen-bond donors (Lipinski definition) is 2. The van der Waals surface area contributed by atoms with E-state index >= 15 is 0 Å². The van der Waals surface area contributed by atoms with E-state index in [1.807, 2.05) is 13.0 Å². The summed E-state index contributed by atoms with van der Waals surface area (Å²) < 4.78 is 36.0. The van der Waals surface area contributed by atoms with Gasteiger partial charge in [-0.25, -0.2) is 17.8 Å². The third kappa shape index (κ3) is 6.04. The smallest absolute Gasteiger partial charge is 0.272 e. The maximum atomic E-state index is 13.1. The maximum Gasteiger partial charge on any atom is 0.272 e. The van der Waals surface area contributed by atoms with Crippen molar-refractivity contribution in [3.8, 4) is 11.6 Å². The molecule has 0 radical (unpaired) electrons. The topological polar surface area (TPSA) is 158 Å². The molecule has 0 aliphatic heterocycles. The highest BCUT2D eigenvalue weighted by Crippen LogP contribution is 2.34. The van der Waals surface area contributed by atoms with Crippen LogP contribution in [0.25, 0.3) is 0 Å². The van der Waals surface area contributed by atoms with Gasteiger partial charge in [-0.15, -0.1) is 0 Å². The van der Waals surface area contributed by atoms with Gasteiger partial charge >= 0.3 is 0 Å². The molecule has 0 unspecified atom stereocenters. The molecule has 1 aromatic carbocycles. The number of nitrogens with zero attached hydrogens (tertiary/aromatic N) is 4. The predicted octanol–water partition coefficient (Wildman–Crippen LogP) is 3.31. The fraction of sp³-hybridized carbons (Fsp3) is 0.348. The van der Waals surface area contributed by atoms with Crippen molar-refractivity contribution in [1.82, 2.24) is 24.8 Å². The minimum absolute atomic E-state index is 0.111. The van der Waals surface area contributed by atoms with E-state index in [0.29, 0.717) is 18.5 Å². The van der Waals surface area contributed by atoms with Crippen LogP contribution in [-0.4, -0.2) is 40.1 Å². The van der Waals surface area contributed by atoms with Gasteiger partial charge in [0.1, 0.15) is 10.6 Å². The van der Waals surface area contributed by atoms with E-state index in [1.165, 1.54) is 10.7 Å². The highest BCUT2D eigenvalue weighted by molar-refractivity contribution is 7.89. The summed E-state index contributed by atoms with van der Waals surface area (Å²) in [5.74, 6) is -0.419. The summed E-state index contributed by atoms with van der Waals surface area (Å²) in [6.07, 6.45) is 3.78. The molecule has 2 N–H and O–H groups in total. The fourth-order valence-corrected chi connectivity index (χ4v) is 4.76. The number of aryl methyl sites for hydroxylation is 1. The van der Waals surface area contributed by atoms with Crippen LogP contribution in [0.4, 0.5) is 5.69 Å². The van der Waals surface area contributed by atoms with E-state index in [9.17, 15) is 23.3 Å². The van der Waals surface area contributed by atoms with Crippen molar-refractivity contribution in [1.29, 1.82) is 0 Å². The first-order chi connectivity index (χ1) is 17.1. The molecular formula is C23H28N6O6S. The van der Waals surface area contributed by atoms with Crippen molar-refractivity contribution in [2.45, 2.75) is 58.1 Å². The second kappa shape index (κ2) is 11.3. The van der Waals surface area contributed by atoms with Gasteiger partial charge in [-0.3, -0.25) is 19.9 Å². The first-order valence-electron chi connectivity index (χ1n) is 11.3. The number of benzene rings is 1. The summed E-state index contributed by atoms with van der Waals surface area (Å²) in [5, 5.41) is 18.4. The van der Waals surface area contributed by atoms with Crippen molar-refractivity contribution in [3.05, 3.63) is 69.7 Å². The number of sulfonamides is 1. The first kappa shape index (κ1) is 26.8. The average molecular weight is 517 g/mol. The summed E-state index contributed by atoms with van der Waals surface area (Å²) in [7, 11) is -4.15. The second-order valence-corrected chi connectivity index (χ2v) is 9.74. The van der Waals surface area contributed by atoms with Crippen molar-refractivity contribution in [3.63, 3.8) is 0 Å². The van der Waals surface area contributed by atoms with Gasteiger partial charge < -0.3 is 10.1 Å². The monoisotopic (exact) mass is 516 g/mol. The lowest BCUT2D eigenvalue weighted by atomic mass is 10.2. The maximum absolute atomic E-state index is 13.1. The van der Waals surface area contributed by atoms with Crippen molar-refractivity contribution in [2.75, 3.05) is 0 Å². The van der Waals surface area contributed by atoms with E-state index in [0.717, 1.165) is 17.7 Å². The molecule has 3 rings (SSSR count). The zero-order valence-electron chi connectivity index (χ0n) is 20.4. The zero-order valence-corrected chi connectivity index (χ0v) is 21.2. The number of ether oxygens (including phenoxy) is 1. The lowest BCUT2D eigenvalue weighted by molar-refractivity contribution is -0.385. The molecule has 12 nitrogen and oxygen atoms in total. The molecule has 2 aromatic heterocycles. The molecule has 36 heavy (non-hydrogen) atoms. The third-order valence-electron chi connectivity index (χ3n) is 5.42. The number of carbonyl (C=O) groups excluding carboxylic acids is 1. The molecule has 0 saturated heterocycles. The number of nitrogens with one attached hydrogen (secondary N) is 2. The van der Waals surface area contributed by atoms with Crippen LogP contribution >= 0.6 is 0 Å². The van der Waals surface area contributed by atoms with Gasteiger partial charge in [-0.2, -0.15) is 5.10 Å². The molecule has 0 fully saturated rings. The highest BCUT2D eigenvalue weighted by atomic mass is 32.2. The normalized spacial score (nSPS) is 12.2. The minimum atomic E-state index is -4.15. The number of aromatic nitrogens is 3. The number of nitro benzene ring substituents is 1. The molecule has 192 valence electrons. The van der Waals surface area contributed by atoms with E-state index in [1.54, 1.807) is 39.2 Å². The Hall–Kier alpha value is -3.84. The Balaban J connectivity index is 1.97. The lowest BCUT2D eigenvalue weighted by Gasteiger charge is -2.16. The van der Waals surface area contributed by atoms with Gasteiger partial charge in [-0.1, -0.05) is 13.0 Å². The van der Waals surface area contributed by atoms with E-state index in [-0.39, 0.29) is 28.8 Å². The summed E-state index contributed by atoms with van der Waals surface area (Å²) in [6, 6.07) is 6.50. The summed E-state index contributed by atoms with van der Waals surface area (Å²) in [5.41, 5.74) is 0.907. The van der Waals surface area contributed by atoms with Gasteiger partial charge in [0.25, 0.3) is 11.6 Å². The molecule has 0 spiro atoms. The van der Waals surface area contributed by atoms with Crippen molar-refractivity contribution in [2.24, 2.45) is 0 Å². The largest absolute Gasteiger partial charge is 0.438 e. The van der Waals surface area contributed by atoms with Crippen LogP contribution in [0.1, 0.15) is 48.8 Å². The lowest BCUT2D eigenvalue weighted by Crippen LogP contribution is -2.32. The Morgan fingerprint density at radius 2 is 2.03 bits per heavy atom. The van der Waals surface area contributed by atoms with Crippen LogP contribution in [0.2, 0.25) is 0 Å². The minimum Gasteiger partial charge on any atom is -0.438 e. The SMILES string of the molecule is CC[C@H](C)NS(=O)(=O)c1cc([N+](=O)[O-])ccc1Oc1c(C)c(C(=O)NCc2cccnc2)nn1CC. The van der Waals surface area contributed by atoms with Gasteiger partial charge in [0.15, 0.2) is 5.69 Å². The molecule has 3 aromatic rings. The van der Waals surface area contributed by atoms with Crippen LogP contribution in [0, 0.1) is 17.0 Å². The summed E-state index contributed by atoms with van der Waals surface area (Å²) >= 11 is 0. The summed E-state index contributed by atoms with van der Waals surface area (Å²) in [4.78, 5) is 27.1. The van der Waals surface area contributed by atoms with Gasteiger partial charge in [0.2, 0.25) is 15.9 Å². The van der Waals surface area contributed by atoms with E-state index < -0.39 is 32.6 Å². The summed E-state index contributed by atoms with van der Waals surface area (Å²) in [6.45, 7) is 7.48. The van der Waals surface area contributed by atoms with Crippen molar-refractivity contribution >= 4 is 21.6 Å². The second-order valence-electron chi connectivity index (χ2n) is 8.06. The molecule has 13 heteroatoms. The average Bonchev–Trinajstić information content (AvgIpc) is 3.18. The standard InChI is InChI=1S/C23H28N6O6S/c1-5-15(3)27-36(33,34)20-12-18(29(31)32)9-10-19(20)35-23-16(4)21(26-28(23)6-2)22(30)25-14-17-8-7-11-24-13-17/h7-13,15,27H,5-6,14H2,1-4H3,(H,25,30)/t15-/m0/s1. The predicted molar refractivity (Wildman–Crippen MR) is 131 cm³/mol. The molecule has 0 aliphatic rings. The van der Waals surface area contributed by atoms with Gasteiger partial charge in [0, 0.05) is 49.2 Å². The van der Waals surface area contributed by atoms with E-state index in [4.69, 9.17) is 4.74 Å². The molecule has 0 aliphatic carbocycles. The first-order valence-corrected chi connectivity index (χ1v) is 12.8. The Morgan fingerprint density at radius 1 is 1.28 bits per heavy atom. The number of carbonyl (C=O) groups is 1. The number of hydrogen-bond acceptors (Lipinski definition) is 8. The Kier molecular flexibility index (Phi) is 8.37. The Labute approximate surface area is 208 Å². The van der Waals surface area contributed by atoms with Crippen molar-refractivity contribution < 1.29 is 22.9 Å². The quantitative estimate of drug-likeness (QED) is 0.290. The number of amides is 1. The molecule has 0 bridgehead atoms.